The third-order valence-electron chi connectivity index (χ3n) is 6.04. The first-order valence-corrected chi connectivity index (χ1v) is 11.5. The molecule has 2 unspecified atom stereocenters. The van der Waals surface area contributed by atoms with E-state index in [1.54, 1.807) is 6.07 Å². The number of anilines is 1. The van der Waals surface area contributed by atoms with E-state index < -0.39 is 0 Å². The monoisotopic (exact) mass is 448 g/mol. The lowest BCUT2D eigenvalue weighted by Crippen LogP contribution is -2.41. The fourth-order valence-electron chi connectivity index (χ4n) is 4.52. The fourth-order valence-corrected chi connectivity index (χ4v) is 4.89. The number of benzene rings is 2. The molecular weight excluding hydrogens is 418 g/mol. The predicted molar refractivity (Wildman–Crippen MR) is 127 cm³/mol. The zero-order chi connectivity index (χ0) is 21.8. The lowest BCUT2D eigenvalue weighted by molar-refractivity contribution is 0.193. The molecule has 1 aliphatic heterocycles. The van der Waals surface area contributed by atoms with Crippen LogP contribution in [0.5, 0.6) is 0 Å². The molecule has 0 spiro atoms. The van der Waals surface area contributed by atoms with Gasteiger partial charge in [-0.25, -0.2) is 4.39 Å². The molecule has 0 amide bonds. The number of halogens is 3. The summed E-state index contributed by atoms with van der Waals surface area (Å²) in [6, 6.07) is 13.3. The minimum Gasteiger partial charge on any atom is -0.358 e. The van der Waals surface area contributed by atoms with E-state index in [0.717, 1.165) is 37.2 Å². The summed E-state index contributed by atoms with van der Waals surface area (Å²) < 4.78 is 15.0. The Hall–Kier alpha value is -1.55. The van der Waals surface area contributed by atoms with Crippen molar-refractivity contribution in [2.75, 3.05) is 11.9 Å². The van der Waals surface area contributed by atoms with Crippen LogP contribution in [0.25, 0.3) is 0 Å². The molecule has 2 aromatic carbocycles. The summed E-state index contributed by atoms with van der Waals surface area (Å²) in [6.07, 6.45) is 2.98. The van der Waals surface area contributed by atoms with Gasteiger partial charge >= 0.3 is 0 Å². The highest BCUT2D eigenvalue weighted by molar-refractivity contribution is 6.31. The van der Waals surface area contributed by atoms with Crippen molar-refractivity contribution in [3.8, 4) is 0 Å². The highest BCUT2D eigenvalue weighted by Gasteiger charge is 2.43. The molecule has 30 heavy (non-hydrogen) atoms. The van der Waals surface area contributed by atoms with Crippen molar-refractivity contribution in [3.63, 3.8) is 0 Å². The molecule has 1 fully saturated rings. The lowest BCUT2D eigenvalue weighted by atomic mass is 9.88. The summed E-state index contributed by atoms with van der Waals surface area (Å²) in [5, 5.41) is 4.29. The molecule has 0 aliphatic carbocycles. The zero-order valence-electron chi connectivity index (χ0n) is 18.0. The Kier molecular flexibility index (Phi) is 7.84. The van der Waals surface area contributed by atoms with Crippen molar-refractivity contribution in [3.05, 3.63) is 76.2 Å². The van der Waals surface area contributed by atoms with Crippen molar-refractivity contribution in [2.24, 2.45) is 5.92 Å². The average molecular weight is 449 g/mol. The SMILES string of the molecule is C=C(Nc1cccc(Cl)c1)C1C(c2cccc(Cl)c2F)C[C@H](CC)N1CCC(C)C. The third kappa shape index (κ3) is 5.19. The van der Waals surface area contributed by atoms with Gasteiger partial charge in [-0.1, -0.05) is 68.8 Å². The topological polar surface area (TPSA) is 15.3 Å². The number of rotatable bonds is 8. The zero-order valence-corrected chi connectivity index (χ0v) is 19.5. The summed E-state index contributed by atoms with van der Waals surface area (Å²) in [4.78, 5) is 2.50. The number of hydrogen-bond donors (Lipinski definition) is 1. The Bertz CT molecular complexity index is 883. The molecule has 1 aliphatic rings. The van der Waals surface area contributed by atoms with Crippen molar-refractivity contribution in [1.29, 1.82) is 0 Å². The van der Waals surface area contributed by atoms with E-state index in [1.807, 2.05) is 36.4 Å². The highest BCUT2D eigenvalue weighted by Crippen LogP contribution is 2.43. The second kappa shape index (κ2) is 10.2. The van der Waals surface area contributed by atoms with Crippen LogP contribution >= 0.6 is 23.2 Å². The summed E-state index contributed by atoms with van der Waals surface area (Å²) in [5.41, 5.74) is 2.43. The van der Waals surface area contributed by atoms with Gasteiger partial charge < -0.3 is 5.32 Å². The number of nitrogens with zero attached hydrogens (tertiary/aromatic N) is 1. The van der Waals surface area contributed by atoms with Gasteiger partial charge in [0.15, 0.2) is 0 Å². The lowest BCUT2D eigenvalue weighted by Gasteiger charge is -2.34. The maximum atomic E-state index is 15.0. The number of likely N-dealkylation sites (tertiary alicyclic amines) is 1. The van der Waals surface area contributed by atoms with Crippen LogP contribution in [0.1, 0.15) is 51.5 Å². The molecule has 0 saturated carbocycles. The Labute approximate surface area is 190 Å². The van der Waals surface area contributed by atoms with E-state index >= 15 is 4.39 Å². The Morgan fingerprint density at radius 3 is 2.63 bits per heavy atom. The number of hydrogen-bond acceptors (Lipinski definition) is 2. The van der Waals surface area contributed by atoms with Crippen LogP contribution in [0, 0.1) is 11.7 Å². The number of nitrogens with one attached hydrogen (secondary N) is 1. The second-order valence-electron chi connectivity index (χ2n) is 8.57. The van der Waals surface area contributed by atoms with Gasteiger partial charge in [-0.2, -0.15) is 0 Å². The van der Waals surface area contributed by atoms with Gasteiger partial charge in [0.2, 0.25) is 0 Å². The van der Waals surface area contributed by atoms with Crippen LogP contribution < -0.4 is 5.32 Å². The molecule has 2 aromatic rings. The van der Waals surface area contributed by atoms with Crippen molar-refractivity contribution >= 4 is 28.9 Å². The molecule has 2 nitrogen and oxygen atoms in total. The summed E-state index contributed by atoms with van der Waals surface area (Å²) in [6.45, 7) is 12.0. The minimum atomic E-state index is -0.315. The molecule has 5 heteroatoms. The minimum absolute atomic E-state index is 0.0139. The van der Waals surface area contributed by atoms with Crippen LogP contribution in [-0.4, -0.2) is 23.5 Å². The van der Waals surface area contributed by atoms with E-state index in [0.29, 0.717) is 22.5 Å². The van der Waals surface area contributed by atoms with Gasteiger partial charge in [0, 0.05) is 28.4 Å². The molecule has 1 N–H and O–H groups in total. The van der Waals surface area contributed by atoms with Crippen LogP contribution in [0.4, 0.5) is 10.1 Å². The van der Waals surface area contributed by atoms with Gasteiger partial charge in [0.25, 0.3) is 0 Å². The largest absolute Gasteiger partial charge is 0.358 e. The molecule has 0 radical (unpaired) electrons. The Morgan fingerprint density at radius 2 is 1.97 bits per heavy atom. The Balaban J connectivity index is 1.97. The predicted octanol–water partition coefficient (Wildman–Crippen LogP) is 7.74. The second-order valence-corrected chi connectivity index (χ2v) is 9.42. The summed E-state index contributed by atoms with van der Waals surface area (Å²) in [7, 11) is 0. The quantitative estimate of drug-likeness (QED) is 0.443. The van der Waals surface area contributed by atoms with E-state index in [2.05, 4.69) is 37.6 Å². The molecular formula is C25H31Cl2FN2. The third-order valence-corrected chi connectivity index (χ3v) is 6.56. The van der Waals surface area contributed by atoms with Gasteiger partial charge in [-0.15, -0.1) is 0 Å². The van der Waals surface area contributed by atoms with E-state index in [-0.39, 0.29) is 22.8 Å². The van der Waals surface area contributed by atoms with Crippen LogP contribution in [0.2, 0.25) is 10.0 Å². The molecule has 1 saturated heterocycles. The maximum Gasteiger partial charge on any atom is 0.145 e. The van der Waals surface area contributed by atoms with E-state index in [1.165, 1.54) is 0 Å². The first-order valence-electron chi connectivity index (χ1n) is 10.7. The van der Waals surface area contributed by atoms with Crippen LogP contribution in [0.15, 0.2) is 54.7 Å². The van der Waals surface area contributed by atoms with Crippen molar-refractivity contribution in [1.82, 2.24) is 4.90 Å². The molecule has 1 heterocycles. The summed E-state index contributed by atoms with van der Waals surface area (Å²) >= 11 is 12.3. The molecule has 0 bridgehead atoms. The normalized spacial score (nSPS) is 21.9. The molecule has 0 aromatic heterocycles. The van der Waals surface area contributed by atoms with E-state index in [9.17, 15) is 0 Å². The first-order chi connectivity index (χ1) is 14.3. The average Bonchev–Trinajstić information content (AvgIpc) is 3.07. The summed E-state index contributed by atoms with van der Waals surface area (Å²) in [5.74, 6) is 0.268. The van der Waals surface area contributed by atoms with Crippen LogP contribution in [-0.2, 0) is 0 Å². The maximum absolute atomic E-state index is 15.0. The van der Waals surface area contributed by atoms with Crippen LogP contribution in [0.3, 0.4) is 0 Å². The highest BCUT2D eigenvalue weighted by atomic mass is 35.5. The van der Waals surface area contributed by atoms with Gasteiger partial charge in [-0.3, -0.25) is 4.90 Å². The standard InChI is InChI=1S/C25H31Cl2FN2/c1-5-20-15-22(21-10-7-11-23(27)24(21)28)25(30(20)13-12-16(2)3)17(4)29-19-9-6-8-18(26)14-19/h6-11,14,16,20,22,25,29H,4-5,12-13,15H2,1-3H3/t20-,22?,25?/m0/s1. The Morgan fingerprint density at radius 1 is 1.23 bits per heavy atom. The smallest absolute Gasteiger partial charge is 0.145 e. The first kappa shape index (κ1) is 23.1. The van der Waals surface area contributed by atoms with Gasteiger partial charge in [0.1, 0.15) is 5.82 Å². The molecule has 3 rings (SSSR count). The van der Waals surface area contributed by atoms with Crippen molar-refractivity contribution in [2.45, 2.75) is 58.0 Å². The fraction of sp³-hybridized carbons (Fsp3) is 0.440. The van der Waals surface area contributed by atoms with Gasteiger partial charge in [0.05, 0.1) is 11.1 Å². The molecule has 3 atom stereocenters. The van der Waals surface area contributed by atoms with Gasteiger partial charge in [-0.05, 0) is 61.6 Å². The van der Waals surface area contributed by atoms with E-state index in [4.69, 9.17) is 23.2 Å². The molecule has 162 valence electrons. The van der Waals surface area contributed by atoms with Crippen molar-refractivity contribution < 1.29 is 4.39 Å².